The molecule has 1 saturated heterocycles. The quantitative estimate of drug-likeness (QED) is 0.542. The number of alkyl halides is 6. The van der Waals surface area contributed by atoms with Crippen molar-refractivity contribution in [3.63, 3.8) is 0 Å². The predicted molar refractivity (Wildman–Crippen MR) is 74.3 cm³/mol. The number of aldehydes is 1. The fourth-order valence-electron chi connectivity index (χ4n) is 2.72. The highest BCUT2D eigenvalue weighted by atomic mass is 19.4. The van der Waals surface area contributed by atoms with E-state index in [9.17, 15) is 31.1 Å². The van der Waals surface area contributed by atoms with Gasteiger partial charge in [-0.25, -0.2) is 4.79 Å². The van der Waals surface area contributed by atoms with Crippen LogP contribution in [-0.2, 0) is 19.2 Å². The first kappa shape index (κ1) is 23.6. The molecule has 0 radical (unpaired) electrons. The minimum atomic E-state index is -5.00. The number of rotatable bonds is 2. The first-order valence-electron chi connectivity index (χ1n) is 7.11. The third kappa shape index (κ3) is 7.59. The van der Waals surface area contributed by atoms with Crippen LogP contribution in [0.2, 0.25) is 0 Å². The summed E-state index contributed by atoms with van der Waals surface area (Å²) in [5.74, 6) is -2.19. The number of hydrogen-bond donors (Lipinski definition) is 0. The first-order chi connectivity index (χ1) is 11.0. The van der Waals surface area contributed by atoms with E-state index in [1.54, 1.807) is 34.8 Å². The molecule has 1 rings (SSSR count). The molecule has 5 nitrogen and oxygen atoms in total. The van der Waals surface area contributed by atoms with Crippen LogP contribution >= 0.6 is 0 Å². The lowest BCUT2D eigenvalue weighted by Gasteiger charge is -2.52. The molecule has 0 N–H and O–H groups in total. The van der Waals surface area contributed by atoms with Crippen LogP contribution < -0.4 is 0 Å². The van der Waals surface area contributed by atoms with Crippen molar-refractivity contribution >= 4 is 12.3 Å². The standard InChI is InChI=1S/C12H20F3NO3.C2HF3O/c1-10(2)6-8(18-5)7-11(3,4)16(10)19-9(17)12(13,14)15;3-2(4,5)1-6/h8H,6-7H2,1-5H3;1H. The Morgan fingerprint density at radius 3 is 1.64 bits per heavy atom. The molecule has 0 aromatic carbocycles. The second kappa shape index (κ2) is 7.90. The lowest BCUT2D eigenvalue weighted by Crippen LogP contribution is -2.63. The van der Waals surface area contributed by atoms with Crippen LogP contribution in [0.1, 0.15) is 40.5 Å². The molecule has 1 heterocycles. The lowest BCUT2D eigenvalue weighted by molar-refractivity contribution is -0.299. The van der Waals surface area contributed by atoms with Crippen molar-refractivity contribution in [1.82, 2.24) is 5.06 Å². The number of nitrogens with zero attached hydrogens (tertiary/aromatic N) is 1. The van der Waals surface area contributed by atoms with Crippen molar-refractivity contribution < 1.29 is 45.5 Å². The molecule has 0 aliphatic carbocycles. The van der Waals surface area contributed by atoms with Gasteiger partial charge in [-0.05, 0) is 40.5 Å². The van der Waals surface area contributed by atoms with Gasteiger partial charge in [0.05, 0.1) is 17.2 Å². The lowest BCUT2D eigenvalue weighted by atomic mass is 9.80. The van der Waals surface area contributed by atoms with Gasteiger partial charge in [-0.1, -0.05) is 0 Å². The second-order valence-electron chi connectivity index (χ2n) is 6.72. The van der Waals surface area contributed by atoms with Gasteiger partial charge in [-0.3, -0.25) is 4.79 Å². The maximum atomic E-state index is 12.3. The summed E-state index contributed by atoms with van der Waals surface area (Å²) in [7, 11) is 1.56. The predicted octanol–water partition coefficient (Wildman–Crippen LogP) is 3.42. The molecule has 1 fully saturated rings. The number of carbonyl (C=O) groups excluding carboxylic acids is 2. The van der Waals surface area contributed by atoms with E-state index in [-0.39, 0.29) is 6.10 Å². The number of halogens is 6. The van der Waals surface area contributed by atoms with Crippen LogP contribution in [-0.4, -0.2) is 54.0 Å². The van der Waals surface area contributed by atoms with E-state index in [1.165, 1.54) is 0 Å². The Kier molecular flexibility index (Phi) is 7.47. The first-order valence-corrected chi connectivity index (χ1v) is 7.11. The van der Waals surface area contributed by atoms with Crippen molar-refractivity contribution in [2.24, 2.45) is 0 Å². The summed E-state index contributed by atoms with van der Waals surface area (Å²) in [5.41, 5.74) is -1.47. The Morgan fingerprint density at radius 2 is 1.40 bits per heavy atom. The fourth-order valence-corrected chi connectivity index (χ4v) is 2.72. The minimum absolute atomic E-state index is 0.0779. The zero-order valence-corrected chi connectivity index (χ0v) is 14.4. The minimum Gasteiger partial charge on any atom is -0.381 e. The molecule has 1 aliphatic rings. The Morgan fingerprint density at radius 1 is 1.04 bits per heavy atom. The Bertz CT molecular complexity index is 455. The normalized spacial score (nSPS) is 21.1. The second-order valence-corrected chi connectivity index (χ2v) is 6.72. The Hall–Kier alpha value is -1.36. The molecule has 0 unspecified atom stereocenters. The number of carbonyl (C=O) groups is 2. The average molecular weight is 381 g/mol. The molecule has 0 spiro atoms. The summed E-state index contributed by atoms with van der Waals surface area (Å²) in [6, 6.07) is 0. The largest absolute Gasteiger partial charge is 0.492 e. The van der Waals surface area contributed by atoms with Gasteiger partial charge in [0.1, 0.15) is 0 Å². The smallest absolute Gasteiger partial charge is 0.381 e. The zero-order chi connectivity index (χ0) is 20.3. The molecule has 0 saturated carbocycles. The summed E-state index contributed by atoms with van der Waals surface area (Å²) >= 11 is 0. The van der Waals surface area contributed by atoms with Crippen LogP contribution in [0.3, 0.4) is 0 Å². The van der Waals surface area contributed by atoms with Crippen molar-refractivity contribution in [3.05, 3.63) is 0 Å². The third-order valence-corrected chi connectivity index (χ3v) is 3.43. The molecule has 0 atom stereocenters. The zero-order valence-electron chi connectivity index (χ0n) is 14.4. The van der Waals surface area contributed by atoms with Crippen LogP contribution in [0.15, 0.2) is 0 Å². The molecule has 0 aromatic heterocycles. The van der Waals surface area contributed by atoms with E-state index in [2.05, 4.69) is 4.84 Å². The van der Waals surface area contributed by atoms with Crippen LogP contribution in [0, 0.1) is 0 Å². The topological polar surface area (TPSA) is 55.8 Å². The van der Waals surface area contributed by atoms with Gasteiger partial charge in [-0.2, -0.15) is 26.3 Å². The summed E-state index contributed by atoms with van der Waals surface area (Å²) in [4.78, 5) is 24.3. The molecule has 148 valence electrons. The number of methoxy groups -OCH3 is 1. The van der Waals surface area contributed by atoms with E-state index in [1.807, 2.05) is 0 Å². The SMILES string of the molecule is COC1CC(C)(C)N(OC(=O)C(F)(F)F)C(C)(C)C1.O=CC(F)(F)F. The molecular weight excluding hydrogens is 360 g/mol. The number of hydrogen-bond acceptors (Lipinski definition) is 5. The van der Waals surface area contributed by atoms with Gasteiger partial charge >= 0.3 is 18.3 Å². The maximum absolute atomic E-state index is 12.3. The van der Waals surface area contributed by atoms with E-state index in [0.29, 0.717) is 12.8 Å². The molecule has 0 aromatic rings. The van der Waals surface area contributed by atoms with E-state index in [0.717, 1.165) is 5.06 Å². The number of hydroxylamine groups is 2. The highest BCUT2D eigenvalue weighted by Crippen LogP contribution is 2.40. The van der Waals surface area contributed by atoms with Gasteiger partial charge in [-0.15, -0.1) is 5.06 Å². The van der Waals surface area contributed by atoms with Gasteiger partial charge in [0.25, 0.3) is 0 Å². The maximum Gasteiger partial charge on any atom is 0.492 e. The Labute approximate surface area is 141 Å². The Balaban J connectivity index is 0.000000823. The molecular formula is C14H21F6NO4. The summed E-state index contributed by atoms with van der Waals surface area (Å²) in [6.07, 6.45) is -9.81. The third-order valence-electron chi connectivity index (χ3n) is 3.43. The van der Waals surface area contributed by atoms with Crippen molar-refractivity contribution in [2.45, 2.75) is 70.1 Å². The van der Waals surface area contributed by atoms with Gasteiger partial charge in [0.2, 0.25) is 6.29 Å². The van der Waals surface area contributed by atoms with Crippen LogP contribution in [0.4, 0.5) is 26.3 Å². The molecule has 0 bridgehead atoms. The van der Waals surface area contributed by atoms with E-state index >= 15 is 0 Å². The van der Waals surface area contributed by atoms with E-state index < -0.39 is 35.7 Å². The van der Waals surface area contributed by atoms with Crippen molar-refractivity contribution in [3.8, 4) is 0 Å². The highest BCUT2D eigenvalue weighted by Gasteiger charge is 2.51. The van der Waals surface area contributed by atoms with Gasteiger partial charge in [0.15, 0.2) is 0 Å². The van der Waals surface area contributed by atoms with Crippen molar-refractivity contribution in [2.75, 3.05) is 7.11 Å². The molecule has 11 heteroatoms. The van der Waals surface area contributed by atoms with Gasteiger partial charge in [0, 0.05) is 7.11 Å². The number of piperidine rings is 1. The average Bonchev–Trinajstić information content (AvgIpc) is 2.40. The van der Waals surface area contributed by atoms with Crippen LogP contribution in [0.25, 0.3) is 0 Å². The molecule has 0 amide bonds. The van der Waals surface area contributed by atoms with Gasteiger partial charge < -0.3 is 9.57 Å². The summed E-state index contributed by atoms with van der Waals surface area (Å²) in [6.45, 7) is 6.90. The summed E-state index contributed by atoms with van der Waals surface area (Å²) < 4.78 is 73.5. The monoisotopic (exact) mass is 381 g/mol. The van der Waals surface area contributed by atoms with Crippen LogP contribution in [0.5, 0.6) is 0 Å². The highest BCUT2D eigenvalue weighted by molar-refractivity contribution is 5.75. The molecule has 25 heavy (non-hydrogen) atoms. The molecule has 1 aliphatic heterocycles. The van der Waals surface area contributed by atoms with Crippen molar-refractivity contribution in [1.29, 1.82) is 0 Å². The summed E-state index contributed by atoms with van der Waals surface area (Å²) in [5, 5.41) is 1.14. The van der Waals surface area contributed by atoms with E-state index in [4.69, 9.17) is 9.53 Å². The number of ether oxygens (including phenoxy) is 1. The fraction of sp³-hybridized carbons (Fsp3) is 0.857.